The molecule has 0 saturated carbocycles. The van der Waals surface area contributed by atoms with Crippen LogP contribution in [0.3, 0.4) is 0 Å². The second-order valence-electron chi connectivity index (χ2n) is 12.5. The Labute approximate surface area is 309 Å². The molecule has 53 heavy (non-hydrogen) atoms. The number of aromatic nitrogens is 2. The van der Waals surface area contributed by atoms with Crippen molar-refractivity contribution in [2.45, 2.75) is 84.6 Å². The van der Waals surface area contributed by atoms with Crippen molar-refractivity contribution in [1.82, 2.24) is 19.8 Å². The highest BCUT2D eigenvalue weighted by Crippen LogP contribution is 2.47. The SMILES string of the molecule is CC.CCCN1CCCC1=O.CCNc1nc(OC)nc2c(F)c(-c3ccc(F)c4sc(N)c(C#N)c34)c(C(F)(F)F)cc12.FC1CC2CCCN2C1. The van der Waals surface area contributed by atoms with Crippen LogP contribution in [0.4, 0.5) is 37.2 Å². The highest BCUT2D eigenvalue weighted by Gasteiger charge is 2.38. The number of hydrogen-bond acceptors (Lipinski definition) is 9. The number of thiophene rings is 1. The van der Waals surface area contributed by atoms with E-state index in [0.717, 1.165) is 63.5 Å². The van der Waals surface area contributed by atoms with Crippen molar-refractivity contribution in [3.8, 4) is 23.2 Å². The topological polar surface area (TPSA) is 120 Å². The van der Waals surface area contributed by atoms with Gasteiger partial charge >= 0.3 is 12.2 Å². The summed E-state index contributed by atoms with van der Waals surface area (Å²) < 4.78 is 90.2. The van der Waals surface area contributed by atoms with Crippen molar-refractivity contribution in [2.24, 2.45) is 0 Å². The average Bonchev–Trinajstić information content (AvgIpc) is 3.91. The number of rotatable bonds is 6. The highest BCUT2D eigenvalue weighted by atomic mass is 32.1. The first kappa shape index (κ1) is 41.4. The van der Waals surface area contributed by atoms with Crippen molar-refractivity contribution in [3.63, 3.8) is 0 Å². The molecule has 9 nitrogen and oxygen atoms in total. The maximum absolute atomic E-state index is 15.9. The van der Waals surface area contributed by atoms with Crippen LogP contribution in [0, 0.1) is 23.0 Å². The van der Waals surface area contributed by atoms with E-state index in [0.29, 0.717) is 29.8 Å². The minimum atomic E-state index is -5.00. The molecule has 2 unspecified atom stereocenters. The Morgan fingerprint density at radius 2 is 1.89 bits per heavy atom. The Hall–Kier alpha value is -4.36. The first-order valence-corrected chi connectivity index (χ1v) is 18.6. The van der Waals surface area contributed by atoms with Crippen LogP contribution in [-0.4, -0.2) is 77.7 Å². The number of halogens is 6. The maximum atomic E-state index is 15.9. The number of methoxy groups -OCH3 is 1. The lowest BCUT2D eigenvalue weighted by Gasteiger charge is -2.18. The van der Waals surface area contributed by atoms with Crippen LogP contribution in [0.5, 0.6) is 6.01 Å². The van der Waals surface area contributed by atoms with Crippen LogP contribution < -0.4 is 15.8 Å². The predicted octanol–water partition coefficient (Wildman–Crippen LogP) is 8.94. The summed E-state index contributed by atoms with van der Waals surface area (Å²) in [6.07, 6.45) is 0.751. The lowest BCUT2D eigenvalue weighted by Crippen LogP contribution is -2.24. The Kier molecular flexibility index (Phi) is 14.1. The number of nitrogens with two attached hydrogens (primary N) is 1. The Balaban J connectivity index is 0.000000252. The van der Waals surface area contributed by atoms with E-state index in [1.807, 2.05) is 18.7 Å². The molecule has 2 atom stereocenters. The number of benzene rings is 2. The second-order valence-corrected chi connectivity index (χ2v) is 13.5. The molecule has 0 aliphatic carbocycles. The normalized spacial score (nSPS) is 18.1. The number of nitriles is 1. The molecule has 0 bridgehead atoms. The van der Waals surface area contributed by atoms with Gasteiger partial charge in [-0.1, -0.05) is 26.8 Å². The fourth-order valence-corrected chi connectivity index (χ4v) is 7.78. The van der Waals surface area contributed by atoms with Gasteiger partial charge in [-0.3, -0.25) is 9.69 Å². The summed E-state index contributed by atoms with van der Waals surface area (Å²) in [5.74, 6) is -1.81. The zero-order valence-corrected chi connectivity index (χ0v) is 31.3. The summed E-state index contributed by atoms with van der Waals surface area (Å²) >= 11 is 0.698. The standard InChI is InChI=1S/C21H14F5N5OS.C7H12FN.C7H13NO.C2H6/c1-3-29-19-9-6-11(21(24,25)26)14(15(23)16(9)30-20(31-19)32-2)8-4-5-12(22)17-13(8)10(7-27)18(28)33-17;8-6-4-7-2-1-3-9(7)5-6;1-2-5-8-6-3-4-7(8)9;1-2/h4-6H,3,28H2,1-2H3,(H,29,30,31);6-7H,1-5H2;2-6H2,1H3;1-2H3. The molecule has 5 heterocycles. The molecule has 16 heteroatoms. The monoisotopic (exact) mass is 765 g/mol. The van der Waals surface area contributed by atoms with Crippen molar-refractivity contribution < 1.29 is 35.9 Å². The van der Waals surface area contributed by atoms with Gasteiger partial charge in [0.15, 0.2) is 5.82 Å². The van der Waals surface area contributed by atoms with Crippen LogP contribution >= 0.6 is 11.3 Å². The molecule has 2 aromatic carbocycles. The Bertz CT molecular complexity index is 1940. The number of anilines is 2. The van der Waals surface area contributed by atoms with Crippen molar-refractivity contribution in [3.05, 3.63) is 41.0 Å². The number of nitrogens with one attached hydrogen (secondary N) is 1. The number of carbonyl (C=O) groups is 1. The van der Waals surface area contributed by atoms with Gasteiger partial charge in [0.05, 0.1) is 22.9 Å². The zero-order valence-electron chi connectivity index (χ0n) is 30.5. The quantitative estimate of drug-likeness (QED) is 0.187. The van der Waals surface area contributed by atoms with E-state index < -0.39 is 40.6 Å². The number of amides is 1. The molecule has 3 fully saturated rings. The molecular weight excluding hydrogens is 721 g/mol. The van der Waals surface area contributed by atoms with E-state index in [1.54, 1.807) is 13.0 Å². The number of nitrogens with zero attached hydrogens (tertiary/aromatic N) is 5. The number of nitrogen functional groups attached to an aromatic ring is 1. The molecule has 288 valence electrons. The molecule has 7 rings (SSSR count). The van der Waals surface area contributed by atoms with Crippen LogP contribution in [-0.2, 0) is 11.0 Å². The Morgan fingerprint density at radius 3 is 2.47 bits per heavy atom. The zero-order chi connectivity index (χ0) is 39.0. The van der Waals surface area contributed by atoms with Crippen molar-refractivity contribution >= 4 is 49.1 Å². The molecule has 4 aromatic rings. The smallest absolute Gasteiger partial charge is 0.417 e. The molecule has 3 aliphatic rings. The largest absolute Gasteiger partial charge is 0.467 e. The highest BCUT2D eigenvalue weighted by molar-refractivity contribution is 7.23. The van der Waals surface area contributed by atoms with E-state index in [-0.39, 0.29) is 50.0 Å². The summed E-state index contributed by atoms with van der Waals surface area (Å²) in [7, 11) is 1.23. The van der Waals surface area contributed by atoms with Gasteiger partial charge in [0.2, 0.25) is 5.91 Å². The van der Waals surface area contributed by atoms with Crippen LogP contribution in [0.15, 0.2) is 18.2 Å². The van der Waals surface area contributed by atoms with Gasteiger partial charge in [0.1, 0.15) is 34.4 Å². The number of alkyl halides is 4. The van der Waals surface area contributed by atoms with E-state index in [4.69, 9.17) is 10.5 Å². The first-order valence-electron chi connectivity index (χ1n) is 17.8. The van der Waals surface area contributed by atoms with E-state index in [1.165, 1.54) is 20.0 Å². The van der Waals surface area contributed by atoms with E-state index >= 15 is 4.39 Å². The number of carbonyl (C=O) groups excluding carboxylic acids is 1. The molecular formula is C37H45F6N7O2S. The van der Waals surface area contributed by atoms with Crippen molar-refractivity contribution in [2.75, 3.05) is 50.9 Å². The van der Waals surface area contributed by atoms with E-state index in [2.05, 4.69) is 27.1 Å². The number of hydrogen-bond donors (Lipinski definition) is 2. The summed E-state index contributed by atoms with van der Waals surface area (Å²) in [5.41, 5.74) is 2.59. The lowest BCUT2D eigenvalue weighted by atomic mass is 9.92. The van der Waals surface area contributed by atoms with Gasteiger partial charge in [-0.15, -0.1) is 11.3 Å². The molecule has 3 aliphatic heterocycles. The average molecular weight is 766 g/mol. The molecule has 3 saturated heterocycles. The fraction of sp³-hybridized carbons (Fsp3) is 0.514. The molecule has 0 spiro atoms. The van der Waals surface area contributed by atoms with Crippen molar-refractivity contribution in [1.29, 1.82) is 5.26 Å². The number of ether oxygens (including phenoxy) is 1. The van der Waals surface area contributed by atoms with Crippen LogP contribution in [0.1, 0.15) is 77.3 Å². The first-order chi connectivity index (χ1) is 25.3. The summed E-state index contributed by atoms with van der Waals surface area (Å²) in [6.45, 7) is 11.9. The number of fused-ring (bicyclic) bond motifs is 3. The molecule has 1 amide bonds. The third-order valence-corrected chi connectivity index (χ3v) is 10.1. The maximum Gasteiger partial charge on any atom is 0.417 e. The summed E-state index contributed by atoms with van der Waals surface area (Å²) in [6, 6.07) is 4.75. The summed E-state index contributed by atoms with van der Waals surface area (Å²) in [4.78, 5) is 23.0. The minimum Gasteiger partial charge on any atom is -0.467 e. The van der Waals surface area contributed by atoms with Crippen LogP contribution in [0.2, 0.25) is 0 Å². The van der Waals surface area contributed by atoms with Gasteiger partial charge in [-0.05, 0) is 63.3 Å². The third kappa shape index (κ3) is 9.06. The Morgan fingerprint density at radius 1 is 1.15 bits per heavy atom. The van der Waals surface area contributed by atoms with Gasteiger partial charge < -0.3 is 20.7 Å². The predicted molar refractivity (Wildman–Crippen MR) is 197 cm³/mol. The lowest BCUT2D eigenvalue weighted by molar-refractivity contribution is -0.137. The third-order valence-electron chi connectivity index (χ3n) is 9.07. The second kappa shape index (κ2) is 18.1. The van der Waals surface area contributed by atoms with Crippen LogP contribution in [0.25, 0.3) is 32.1 Å². The molecule has 3 N–H and O–H groups in total. The molecule has 0 radical (unpaired) electrons. The van der Waals surface area contributed by atoms with Gasteiger partial charge in [0, 0.05) is 55.0 Å². The minimum absolute atomic E-state index is 0.0444. The summed E-state index contributed by atoms with van der Waals surface area (Å²) in [5, 5.41) is 11.8. The number of likely N-dealkylation sites (tertiary alicyclic amines) is 1. The molecule has 2 aromatic heterocycles. The van der Waals surface area contributed by atoms with Gasteiger partial charge in [0.25, 0.3) is 0 Å². The van der Waals surface area contributed by atoms with E-state index in [9.17, 15) is 32.0 Å². The van der Waals surface area contributed by atoms with Gasteiger partial charge in [-0.25, -0.2) is 13.2 Å². The van der Waals surface area contributed by atoms with Gasteiger partial charge in [-0.2, -0.15) is 28.4 Å². The fourth-order valence-electron chi connectivity index (χ4n) is 6.83.